The molecule has 0 atom stereocenters. The Kier molecular flexibility index (Phi) is 2.64. The van der Waals surface area contributed by atoms with E-state index in [1.54, 1.807) is 12.4 Å². The lowest BCUT2D eigenvalue weighted by Gasteiger charge is -2.06. The average molecular weight is 239 g/mol. The largest absolute Gasteiger partial charge is 0.362 e. The van der Waals surface area contributed by atoms with Gasteiger partial charge in [0.05, 0.1) is 23.8 Å². The molecule has 0 aliphatic rings. The number of hydrogen-bond donors (Lipinski definition) is 1. The quantitative estimate of drug-likeness (QED) is 0.759. The molecule has 1 N–H and O–H groups in total. The summed E-state index contributed by atoms with van der Waals surface area (Å²) in [5.74, 6) is 1.72. The van der Waals surface area contributed by atoms with E-state index in [1.807, 2.05) is 42.1 Å². The highest BCUT2D eigenvalue weighted by molar-refractivity contribution is 5.75. The third-order valence-corrected chi connectivity index (χ3v) is 2.80. The van der Waals surface area contributed by atoms with Crippen LogP contribution >= 0.6 is 0 Å². The van der Waals surface area contributed by atoms with Crippen molar-refractivity contribution in [3.8, 4) is 0 Å². The van der Waals surface area contributed by atoms with Crippen LogP contribution in [0.2, 0.25) is 0 Å². The summed E-state index contributed by atoms with van der Waals surface area (Å²) in [6.45, 7) is 0.635. The van der Waals surface area contributed by atoms with Gasteiger partial charge in [-0.2, -0.15) is 0 Å². The number of aromatic nitrogens is 4. The van der Waals surface area contributed by atoms with E-state index < -0.39 is 0 Å². The Bertz CT molecular complexity index is 674. The van der Waals surface area contributed by atoms with Crippen LogP contribution in [0.3, 0.4) is 0 Å². The van der Waals surface area contributed by atoms with Crippen molar-refractivity contribution in [2.24, 2.45) is 7.05 Å². The van der Waals surface area contributed by atoms with Crippen molar-refractivity contribution in [3.05, 3.63) is 48.7 Å². The Balaban J connectivity index is 1.81. The molecule has 1 aromatic carbocycles. The monoisotopic (exact) mass is 239 g/mol. The van der Waals surface area contributed by atoms with Crippen molar-refractivity contribution in [1.82, 2.24) is 19.5 Å². The second-order valence-corrected chi connectivity index (χ2v) is 4.05. The molecule has 3 rings (SSSR count). The topological polar surface area (TPSA) is 55.6 Å². The zero-order chi connectivity index (χ0) is 12.4. The average Bonchev–Trinajstić information content (AvgIpc) is 2.82. The molecule has 5 nitrogen and oxygen atoms in total. The Morgan fingerprint density at radius 3 is 2.78 bits per heavy atom. The molecule has 2 aromatic heterocycles. The minimum absolute atomic E-state index is 0.635. The Hall–Kier alpha value is -2.43. The van der Waals surface area contributed by atoms with Gasteiger partial charge in [-0.1, -0.05) is 12.1 Å². The lowest BCUT2D eigenvalue weighted by atomic mass is 10.3. The number of anilines is 1. The van der Waals surface area contributed by atoms with E-state index >= 15 is 0 Å². The van der Waals surface area contributed by atoms with Gasteiger partial charge in [0.1, 0.15) is 11.6 Å². The number of aryl methyl sites for hydroxylation is 1. The maximum atomic E-state index is 4.49. The van der Waals surface area contributed by atoms with Gasteiger partial charge in [0.25, 0.3) is 0 Å². The molecular formula is C13H13N5. The van der Waals surface area contributed by atoms with Crippen LogP contribution in [0.25, 0.3) is 11.0 Å². The third kappa shape index (κ3) is 2.02. The maximum Gasteiger partial charge on any atom is 0.145 e. The molecule has 0 saturated heterocycles. The predicted molar refractivity (Wildman–Crippen MR) is 70.1 cm³/mol. The minimum Gasteiger partial charge on any atom is -0.362 e. The Labute approximate surface area is 105 Å². The summed E-state index contributed by atoms with van der Waals surface area (Å²) in [4.78, 5) is 13.1. The smallest absolute Gasteiger partial charge is 0.145 e. The van der Waals surface area contributed by atoms with Crippen LogP contribution < -0.4 is 5.32 Å². The van der Waals surface area contributed by atoms with Crippen LogP contribution in [0.1, 0.15) is 5.82 Å². The fraction of sp³-hybridized carbons (Fsp3) is 0.154. The van der Waals surface area contributed by atoms with Crippen molar-refractivity contribution < 1.29 is 0 Å². The van der Waals surface area contributed by atoms with E-state index in [-0.39, 0.29) is 0 Å². The summed E-state index contributed by atoms with van der Waals surface area (Å²) < 4.78 is 1.97. The number of imidazole rings is 1. The van der Waals surface area contributed by atoms with E-state index in [4.69, 9.17) is 0 Å². The van der Waals surface area contributed by atoms with Crippen LogP contribution in [0, 0.1) is 0 Å². The summed E-state index contributed by atoms with van der Waals surface area (Å²) in [6.07, 6.45) is 5.44. The summed E-state index contributed by atoms with van der Waals surface area (Å²) >= 11 is 0. The van der Waals surface area contributed by atoms with Gasteiger partial charge in [0.15, 0.2) is 0 Å². The highest BCUT2D eigenvalue weighted by Gasteiger charge is 2.01. The fourth-order valence-electron chi connectivity index (χ4n) is 1.78. The lowest BCUT2D eigenvalue weighted by Crippen LogP contribution is -2.07. The molecule has 3 aromatic rings. The molecule has 0 unspecified atom stereocenters. The van der Waals surface area contributed by atoms with Crippen LogP contribution in [0.4, 0.5) is 5.82 Å². The molecular weight excluding hydrogens is 226 g/mol. The first-order valence-electron chi connectivity index (χ1n) is 5.75. The van der Waals surface area contributed by atoms with E-state index in [9.17, 15) is 0 Å². The zero-order valence-electron chi connectivity index (χ0n) is 10.0. The molecule has 2 heterocycles. The summed E-state index contributed by atoms with van der Waals surface area (Å²) in [6, 6.07) is 7.82. The predicted octanol–water partition coefficient (Wildman–Crippen LogP) is 1.98. The van der Waals surface area contributed by atoms with E-state index in [0.29, 0.717) is 6.54 Å². The van der Waals surface area contributed by atoms with Crippen LogP contribution in [0.15, 0.2) is 42.9 Å². The first-order chi connectivity index (χ1) is 8.83. The number of nitrogens with one attached hydrogen (secondary N) is 1. The van der Waals surface area contributed by atoms with Gasteiger partial charge in [-0.15, -0.1) is 0 Å². The van der Waals surface area contributed by atoms with Gasteiger partial charge < -0.3 is 9.88 Å². The Morgan fingerprint density at radius 1 is 1.17 bits per heavy atom. The van der Waals surface area contributed by atoms with Gasteiger partial charge in [0.2, 0.25) is 0 Å². The number of rotatable bonds is 3. The van der Waals surface area contributed by atoms with Gasteiger partial charge in [-0.05, 0) is 12.1 Å². The van der Waals surface area contributed by atoms with Crippen LogP contribution in [-0.4, -0.2) is 19.5 Å². The SMILES string of the molecule is Cn1ccnc1CNc1cnc2ccccc2n1. The molecule has 0 amide bonds. The van der Waals surface area contributed by atoms with Crippen molar-refractivity contribution in [1.29, 1.82) is 0 Å². The molecule has 0 bridgehead atoms. The van der Waals surface area contributed by atoms with E-state index in [2.05, 4.69) is 20.3 Å². The summed E-state index contributed by atoms with van der Waals surface area (Å²) in [5.41, 5.74) is 1.79. The zero-order valence-corrected chi connectivity index (χ0v) is 10.0. The molecule has 0 radical (unpaired) electrons. The first kappa shape index (κ1) is 10.7. The lowest BCUT2D eigenvalue weighted by molar-refractivity contribution is 0.811. The van der Waals surface area contributed by atoms with Gasteiger partial charge >= 0.3 is 0 Å². The van der Waals surface area contributed by atoms with E-state index in [1.165, 1.54) is 0 Å². The molecule has 18 heavy (non-hydrogen) atoms. The first-order valence-corrected chi connectivity index (χ1v) is 5.75. The van der Waals surface area contributed by atoms with Crippen LogP contribution in [-0.2, 0) is 13.6 Å². The maximum absolute atomic E-state index is 4.49. The van der Waals surface area contributed by atoms with Gasteiger partial charge in [-0.3, -0.25) is 4.98 Å². The molecule has 0 saturated carbocycles. The van der Waals surface area contributed by atoms with Crippen molar-refractivity contribution in [2.45, 2.75) is 6.54 Å². The summed E-state index contributed by atoms with van der Waals surface area (Å²) in [5, 5.41) is 3.22. The third-order valence-electron chi connectivity index (χ3n) is 2.80. The molecule has 5 heteroatoms. The van der Waals surface area contributed by atoms with Crippen molar-refractivity contribution >= 4 is 16.9 Å². The Morgan fingerprint density at radius 2 is 2.00 bits per heavy atom. The standard InChI is InChI=1S/C13H13N5/c1-18-7-6-14-13(18)9-16-12-8-15-10-4-2-3-5-11(10)17-12/h2-8H,9H2,1H3,(H,16,17). The van der Waals surface area contributed by atoms with Gasteiger partial charge in [0, 0.05) is 19.4 Å². The number of nitrogens with zero attached hydrogens (tertiary/aromatic N) is 4. The number of benzene rings is 1. The normalized spacial score (nSPS) is 10.7. The second-order valence-electron chi connectivity index (χ2n) is 4.05. The summed E-state index contributed by atoms with van der Waals surface area (Å²) in [7, 11) is 1.97. The molecule has 0 spiro atoms. The number of fused-ring (bicyclic) bond motifs is 1. The minimum atomic E-state index is 0.635. The highest BCUT2D eigenvalue weighted by Crippen LogP contribution is 2.11. The van der Waals surface area contributed by atoms with Crippen LogP contribution in [0.5, 0.6) is 0 Å². The molecule has 0 fully saturated rings. The second kappa shape index (κ2) is 4.44. The van der Waals surface area contributed by atoms with Gasteiger partial charge in [-0.25, -0.2) is 9.97 Å². The van der Waals surface area contributed by atoms with Crippen molar-refractivity contribution in [3.63, 3.8) is 0 Å². The highest BCUT2D eigenvalue weighted by atomic mass is 15.1. The number of hydrogen-bond acceptors (Lipinski definition) is 4. The fourth-order valence-corrected chi connectivity index (χ4v) is 1.78. The van der Waals surface area contributed by atoms with E-state index in [0.717, 1.165) is 22.7 Å². The number of para-hydroxylation sites is 2. The molecule has 0 aliphatic heterocycles. The molecule has 90 valence electrons. The van der Waals surface area contributed by atoms with Crippen molar-refractivity contribution in [2.75, 3.05) is 5.32 Å². The molecule has 0 aliphatic carbocycles.